The Morgan fingerprint density at radius 3 is 2.83 bits per heavy atom. The summed E-state index contributed by atoms with van der Waals surface area (Å²) in [5.74, 6) is 0.411. The summed E-state index contributed by atoms with van der Waals surface area (Å²) in [5, 5.41) is 10.6. The van der Waals surface area contributed by atoms with Crippen LogP contribution in [0.15, 0.2) is 27.1 Å². The van der Waals surface area contributed by atoms with Gasteiger partial charge in [0.15, 0.2) is 0 Å². The van der Waals surface area contributed by atoms with Crippen molar-refractivity contribution in [2.45, 2.75) is 25.6 Å². The molecule has 0 saturated heterocycles. The Hall–Kier alpha value is -1.07. The number of rotatable bonds is 4. The zero-order valence-corrected chi connectivity index (χ0v) is 12.4. The van der Waals surface area contributed by atoms with Crippen LogP contribution >= 0.6 is 27.5 Å². The van der Waals surface area contributed by atoms with Gasteiger partial charge in [0.05, 0.1) is 0 Å². The summed E-state index contributed by atoms with van der Waals surface area (Å²) in [6.07, 6.45) is 0.911. The number of hydrogen-bond donors (Lipinski definition) is 1. The largest absolute Gasteiger partial charge is 0.406 e. The third-order valence-electron chi connectivity index (χ3n) is 2.47. The number of hydrogen-bond acceptors (Lipinski definition) is 4. The summed E-state index contributed by atoms with van der Waals surface area (Å²) in [5.41, 5.74) is 2.13. The topological polar surface area (TPSA) is 51.0 Å². The first-order valence-electron chi connectivity index (χ1n) is 5.63. The van der Waals surface area contributed by atoms with Crippen LogP contribution in [-0.2, 0) is 6.42 Å². The Kier molecular flexibility index (Phi) is 4.24. The number of benzene rings is 1. The van der Waals surface area contributed by atoms with Gasteiger partial charge in [-0.15, -0.1) is 16.7 Å². The van der Waals surface area contributed by atoms with Crippen LogP contribution in [-0.4, -0.2) is 10.2 Å². The lowest BCUT2D eigenvalue weighted by Gasteiger charge is -2.07. The second kappa shape index (κ2) is 5.71. The Morgan fingerprint density at radius 2 is 2.22 bits per heavy atom. The Bertz CT molecular complexity index is 542. The number of nitrogens with one attached hydrogen (secondary N) is 1. The van der Waals surface area contributed by atoms with Gasteiger partial charge in [0, 0.05) is 10.2 Å². The minimum atomic E-state index is -0.288. The molecule has 0 aliphatic carbocycles. The zero-order valence-electron chi connectivity index (χ0n) is 10.1. The average molecular weight is 331 g/mol. The molecule has 0 aliphatic rings. The van der Waals surface area contributed by atoms with Gasteiger partial charge >= 0.3 is 6.01 Å². The lowest BCUT2D eigenvalue weighted by Crippen LogP contribution is -1.95. The van der Waals surface area contributed by atoms with Crippen molar-refractivity contribution in [1.29, 1.82) is 0 Å². The summed E-state index contributed by atoms with van der Waals surface area (Å²) in [6, 6.07) is 6.35. The summed E-state index contributed by atoms with van der Waals surface area (Å²) in [4.78, 5) is 0. The van der Waals surface area contributed by atoms with E-state index in [1.54, 1.807) is 6.92 Å². The van der Waals surface area contributed by atoms with E-state index in [1.807, 2.05) is 12.1 Å². The van der Waals surface area contributed by atoms with E-state index in [4.69, 9.17) is 16.0 Å². The zero-order chi connectivity index (χ0) is 13.1. The molecule has 1 N–H and O–H groups in total. The maximum absolute atomic E-state index is 5.87. The highest BCUT2D eigenvalue weighted by Crippen LogP contribution is 2.26. The SMILES string of the molecule is CCc1cc(Br)ccc1Nc1nnc(C(C)Cl)o1. The van der Waals surface area contributed by atoms with Gasteiger partial charge in [0.2, 0.25) is 5.89 Å². The molecule has 4 nitrogen and oxygen atoms in total. The summed E-state index contributed by atoms with van der Waals surface area (Å²) in [7, 11) is 0. The van der Waals surface area contributed by atoms with Crippen molar-refractivity contribution in [3.8, 4) is 0 Å². The van der Waals surface area contributed by atoms with E-state index >= 15 is 0 Å². The van der Waals surface area contributed by atoms with E-state index in [-0.39, 0.29) is 5.38 Å². The number of aromatic nitrogens is 2. The van der Waals surface area contributed by atoms with Crippen LogP contribution in [0.1, 0.15) is 30.7 Å². The molecule has 2 aromatic rings. The minimum Gasteiger partial charge on any atom is -0.406 e. The lowest BCUT2D eigenvalue weighted by molar-refractivity contribution is 0.510. The van der Waals surface area contributed by atoms with Crippen LogP contribution in [0.4, 0.5) is 11.7 Å². The molecule has 1 aromatic heterocycles. The fraction of sp³-hybridized carbons (Fsp3) is 0.333. The van der Waals surface area contributed by atoms with E-state index in [2.05, 4.69) is 44.4 Å². The third kappa shape index (κ3) is 3.03. The number of alkyl halides is 1. The molecular weight excluding hydrogens is 318 g/mol. The van der Waals surface area contributed by atoms with Crippen molar-refractivity contribution < 1.29 is 4.42 Å². The van der Waals surface area contributed by atoms with Crippen LogP contribution in [0.5, 0.6) is 0 Å². The van der Waals surface area contributed by atoms with E-state index < -0.39 is 0 Å². The van der Waals surface area contributed by atoms with Gasteiger partial charge in [0.1, 0.15) is 5.38 Å². The van der Waals surface area contributed by atoms with Crippen molar-refractivity contribution in [3.63, 3.8) is 0 Å². The van der Waals surface area contributed by atoms with Gasteiger partial charge in [0.25, 0.3) is 0 Å². The molecule has 0 aliphatic heterocycles. The molecule has 6 heteroatoms. The molecular formula is C12H13BrClN3O. The highest BCUT2D eigenvalue weighted by Gasteiger charge is 2.12. The number of aryl methyl sites for hydroxylation is 1. The molecule has 0 bridgehead atoms. The summed E-state index contributed by atoms with van der Waals surface area (Å²) < 4.78 is 6.45. The van der Waals surface area contributed by atoms with Crippen LogP contribution in [0.25, 0.3) is 0 Å². The van der Waals surface area contributed by atoms with E-state index in [9.17, 15) is 0 Å². The summed E-state index contributed by atoms with van der Waals surface area (Å²) in [6.45, 7) is 3.88. The first kappa shape index (κ1) is 13.4. The van der Waals surface area contributed by atoms with Crippen molar-refractivity contribution >= 4 is 39.2 Å². The quantitative estimate of drug-likeness (QED) is 0.842. The first-order chi connectivity index (χ1) is 8.60. The molecule has 1 aromatic carbocycles. The second-order valence-corrected chi connectivity index (χ2v) is 5.41. The molecule has 0 radical (unpaired) electrons. The maximum atomic E-state index is 5.87. The fourth-order valence-electron chi connectivity index (χ4n) is 1.54. The molecule has 1 heterocycles. The predicted molar refractivity (Wildman–Crippen MR) is 75.4 cm³/mol. The molecule has 2 rings (SSSR count). The minimum absolute atomic E-state index is 0.288. The molecule has 18 heavy (non-hydrogen) atoms. The number of nitrogens with zero attached hydrogens (tertiary/aromatic N) is 2. The lowest BCUT2D eigenvalue weighted by atomic mass is 10.1. The van der Waals surface area contributed by atoms with Crippen molar-refractivity contribution in [2.24, 2.45) is 0 Å². The molecule has 0 saturated carbocycles. The number of halogens is 2. The molecule has 0 amide bonds. The van der Waals surface area contributed by atoms with Crippen LogP contribution in [0.2, 0.25) is 0 Å². The molecule has 0 fully saturated rings. The highest BCUT2D eigenvalue weighted by molar-refractivity contribution is 9.10. The Balaban J connectivity index is 2.22. The maximum Gasteiger partial charge on any atom is 0.320 e. The van der Waals surface area contributed by atoms with Crippen LogP contribution in [0, 0.1) is 0 Å². The smallest absolute Gasteiger partial charge is 0.320 e. The molecule has 0 spiro atoms. The first-order valence-corrected chi connectivity index (χ1v) is 6.86. The second-order valence-electron chi connectivity index (χ2n) is 3.84. The van der Waals surface area contributed by atoms with Crippen molar-refractivity contribution in [1.82, 2.24) is 10.2 Å². The van der Waals surface area contributed by atoms with Crippen LogP contribution in [0.3, 0.4) is 0 Å². The van der Waals surface area contributed by atoms with Crippen molar-refractivity contribution in [3.05, 3.63) is 34.1 Å². The molecule has 1 atom stereocenters. The van der Waals surface area contributed by atoms with E-state index in [0.29, 0.717) is 11.9 Å². The average Bonchev–Trinajstić information content (AvgIpc) is 2.80. The van der Waals surface area contributed by atoms with Gasteiger partial charge in [-0.1, -0.05) is 28.0 Å². The fourth-order valence-corrected chi connectivity index (χ4v) is 2.03. The van der Waals surface area contributed by atoms with Gasteiger partial charge < -0.3 is 9.73 Å². The standard InChI is InChI=1S/C12H13BrClN3O/c1-3-8-6-9(13)4-5-10(8)15-12-17-16-11(18-12)7(2)14/h4-7H,3H2,1-2H3,(H,15,17). The van der Waals surface area contributed by atoms with Gasteiger partial charge in [-0.2, -0.15) is 0 Å². The molecule has 1 unspecified atom stereocenters. The number of anilines is 2. The monoisotopic (exact) mass is 329 g/mol. The van der Waals surface area contributed by atoms with E-state index in [0.717, 1.165) is 16.6 Å². The van der Waals surface area contributed by atoms with Crippen LogP contribution < -0.4 is 5.32 Å². The van der Waals surface area contributed by atoms with Gasteiger partial charge in [-0.3, -0.25) is 0 Å². The van der Waals surface area contributed by atoms with Gasteiger partial charge in [-0.25, -0.2) is 0 Å². The Labute approximate surface area is 119 Å². The van der Waals surface area contributed by atoms with E-state index in [1.165, 1.54) is 5.56 Å². The Morgan fingerprint density at radius 1 is 1.44 bits per heavy atom. The third-order valence-corrected chi connectivity index (χ3v) is 3.15. The highest BCUT2D eigenvalue weighted by atomic mass is 79.9. The summed E-state index contributed by atoms with van der Waals surface area (Å²) >= 11 is 9.32. The molecule has 96 valence electrons. The normalized spacial score (nSPS) is 12.4. The predicted octanol–water partition coefficient (Wildman–Crippen LogP) is 4.44. The van der Waals surface area contributed by atoms with Gasteiger partial charge in [-0.05, 0) is 37.1 Å². The van der Waals surface area contributed by atoms with Crippen molar-refractivity contribution in [2.75, 3.05) is 5.32 Å².